The first kappa shape index (κ1) is 16.7. The predicted octanol–water partition coefficient (Wildman–Crippen LogP) is 3.52. The minimum absolute atomic E-state index is 0.213. The summed E-state index contributed by atoms with van der Waals surface area (Å²) in [5.41, 5.74) is 3.74. The Morgan fingerprint density at radius 2 is 1.89 bits per heavy atom. The van der Waals surface area contributed by atoms with Gasteiger partial charge in [0.15, 0.2) is 5.65 Å². The third-order valence-corrected chi connectivity index (χ3v) is 5.19. The number of anilines is 2. The molecular weight excluding hydrogens is 352 g/mol. The van der Waals surface area contributed by atoms with Crippen molar-refractivity contribution in [3.63, 3.8) is 0 Å². The Morgan fingerprint density at radius 3 is 2.79 bits per heavy atom. The van der Waals surface area contributed by atoms with Gasteiger partial charge in [-0.25, -0.2) is 9.50 Å². The Morgan fingerprint density at radius 1 is 1.04 bits per heavy atom. The van der Waals surface area contributed by atoms with E-state index in [4.69, 9.17) is 0 Å². The highest BCUT2D eigenvalue weighted by Crippen LogP contribution is 2.33. The molecule has 5 rings (SSSR count). The molecule has 0 saturated carbocycles. The molecule has 1 N–H and O–H groups in total. The van der Waals surface area contributed by atoms with Crippen LogP contribution in [-0.2, 0) is 0 Å². The predicted molar refractivity (Wildman–Crippen MR) is 109 cm³/mol. The zero-order valence-corrected chi connectivity index (χ0v) is 15.4. The van der Waals surface area contributed by atoms with E-state index in [1.807, 2.05) is 18.2 Å². The second-order valence-electron chi connectivity index (χ2n) is 7.01. The first-order valence-electron chi connectivity index (χ1n) is 9.53. The van der Waals surface area contributed by atoms with Crippen LogP contribution in [0.3, 0.4) is 0 Å². The lowest BCUT2D eigenvalue weighted by Gasteiger charge is -2.30. The molecule has 1 fully saturated rings. The average Bonchev–Trinajstić information content (AvgIpc) is 3.18. The van der Waals surface area contributed by atoms with Crippen molar-refractivity contribution in [1.29, 1.82) is 0 Å². The monoisotopic (exact) mass is 372 g/mol. The van der Waals surface area contributed by atoms with Crippen LogP contribution in [0.4, 0.5) is 11.4 Å². The molecule has 1 aromatic carbocycles. The van der Waals surface area contributed by atoms with E-state index >= 15 is 0 Å². The van der Waals surface area contributed by atoms with Gasteiger partial charge in [-0.05, 0) is 43.5 Å². The molecule has 0 unspecified atom stereocenters. The van der Waals surface area contributed by atoms with Crippen molar-refractivity contribution in [2.75, 3.05) is 23.3 Å². The zero-order valence-electron chi connectivity index (χ0n) is 15.4. The number of amides is 1. The first-order valence-corrected chi connectivity index (χ1v) is 9.53. The van der Waals surface area contributed by atoms with Crippen LogP contribution in [0.15, 0.2) is 55.1 Å². The van der Waals surface area contributed by atoms with Gasteiger partial charge in [0.1, 0.15) is 5.56 Å². The molecule has 1 aliphatic rings. The smallest absolute Gasteiger partial charge is 0.261 e. The lowest BCUT2D eigenvalue weighted by molar-refractivity contribution is 0.102. The summed E-state index contributed by atoms with van der Waals surface area (Å²) in [4.78, 5) is 24.1. The normalized spacial score (nSPS) is 14.5. The average molecular weight is 372 g/mol. The third-order valence-electron chi connectivity index (χ3n) is 5.19. The van der Waals surface area contributed by atoms with Gasteiger partial charge >= 0.3 is 0 Å². The molecule has 4 aromatic rings. The van der Waals surface area contributed by atoms with E-state index < -0.39 is 0 Å². The van der Waals surface area contributed by atoms with Crippen molar-refractivity contribution in [1.82, 2.24) is 19.6 Å². The van der Waals surface area contributed by atoms with Crippen molar-refractivity contribution in [2.24, 2.45) is 0 Å². The molecule has 140 valence electrons. The molecule has 1 saturated heterocycles. The molecule has 0 atom stereocenters. The number of carbonyl (C=O) groups excluding carboxylic acids is 1. The number of carbonyl (C=O) groups is 1. The van der Waals surface area contributed by atoms with Gasteiger partial charge in [0.25, 0.3) is 5.91 Å². The van der Waals surface area contributed by atoms with Gasteiger partial charge in [0, 0.05) is 37.1 Å². The molecule has 1 aliphatic heterocycles. The second kappa shape index (κ2) is 6.92. The SMILES string of the molecule is O=C(Nc1cc2cccnc2cc1N1CCCCC1)c1cnn2cccnc12. The Kier molecular flexibility index (Phi) is 4.12. The fourth-order valence-corrected chi connectivity index (χ4v) is 3.78. The topological polar surface area (TPSA) is 75.4 Å². The van der Waals surface area contributed by atoms with Crippen LogP contribution in [0.25, 0.3) is 16.6 Å². The minimum Gasteiger partial charge on any atom is -0.370 e. The Labute approximate surface area is 162 Å². The number of aromatic nitrogens is 4. The van der Waals surface area contributed by atoms with Gasteiger partial charge in [-0.3, -0.25) is 9.78 Å². The van der Waals surface area contributed by atoms with E-state index in [0.29, 0.717) is 11.2 Å². The number of nitrogens with one attached hydrogen (secondary N) is 1. The van der Waals surface area contributed by atoms with Crippen molar-refractivity contribution in [2.45, 2.75) is 19.3 Å². The van der Waals surface area contributed by atoms with Crippen LogP contribution in [-0.4, -0.2) is 38.6 Å². The first-order chi connectivity index (χ1) is 13.8. The number of rotatable bonds is 3. The van der Waals surface area contributed by atoms with Gasteiger partial charge in [-0.15, -0.1) is 0 Å². The van der Waals surface area contributed by atoms with Gasteiger partial charge < -0.3 is 10.2 Å². The molecule has 0 radical (unpaired) electrons. The number of pyridine rings is 1. The van der Waals surface area contributed by atoms with Crippen LogP contribution in [0, 0.1) is 0 Å². The highest BCUT2D eigenvalue weighted by atomic mass is 16.1. The zero-order chi connectivity index (χ0) is 18.9. The minimum atomic E-state index is -0.213. The van der Waals surface area contributed by atoms with Crippen LogP contribution in [0.5, 0.6) is 0 Å². The molecular formula is C21H20N6O. The van der Waals surface area contributed by atoms with Crippen LogP contribution < -0.4 is 10.2 Å². The number of nitrogens with zero attached hydrogens (tertiary/aromatic N) is 5. The number of hydrogen-bond donors (Lipinski definition) is 1. The summed E-state index contributed by atoms with van der Waals surface area (Å²) < 4.78 is 1.60. The Balaban J connectivity index is 1.55. The van der Waals surface area contributed by atoms with Gasteiger partial charge in [0.05, 0.1) is 23.1 Å². The Hall–Kier alpha value is -3.48. The summed E-state index contributed by atoms with van der Waals surface area (Å²) in [7, 11) is 0. The summed E-state index contributed by atoms with van der Waals surface area (Å²) in [5.74, 6) is -0.213. The molecule has 3 aromatic heterocycles. The van der Waals surface area contributed by atoms with E-state index in [2.05, 4.69) is 31.3 Å². The quantitative estimate of drug-likeness (QED) is 0.595. The van der Waals surface area contributed by atoms with Gasteiger partial charge in [-0.2, -0.15) is 5.10 Å². The van der Waals surface area contributed by atoms with Gasteiger partial charge in [0.2, 0.25) is 0 Å². The fourth-order valence-electron chi connectivity index (χ4n) is 3.78. The van der Waals surface area contributed by atoms with E-state index in [0.717, 1.165) is 48.2 Å². The maximum atomic E-state index is 13.0. The Bertz CT molecular complexity index is 1160. The molecule has 28 heavy (non-hydrogen) atoms. The second-order valence-corrected chi connectivity index (χ2v) is 7.01. The van der Waals surface area contributed by atoms with Crippen molar-refractivity contribution < 1.29 is 4.79 Å². The third kappa shape index (κ3) is 2.94. The summed E-state index contributed by atoms with van der Waals surface area (Å²) in [5, 5.41) is 8.31. The summed E-state index contributed by atoms with van der Waals surface area (Å²) in [6, 6.07) is 9.78. The largest absolute Gasteiger partial charge is 0.370 e. The number of piperidine rings is 1. The van der Waals surface area contributed by atoms with E-state index in [1.54, 1.807) is 35.4 Å². The fraction of sp³-hybridized carbons (Fsp3) is 0.238. The highest BCUT2D eigenvalue weighted by Gasteiger charge is 2.20. The maximum Gasteiger partial charge on any atom is 0.261 e. The van der Waals surface area contributed by atoms with Crippen LogP contribution in [0.2, 0.25) is 0 Å². The van der Waals surface area contributed by atoms with Gasteiger partial charge in [-0.1, -0.05) is 6.07 Å². The van der Waals surface area contributed by atoms with Crippen LogP contribution >= 0.6 is 0 Å². The molecule has 0 spiro atoms. The summed E-state index contributed by atoms with van der Waals surface area (Å²) >= 11 is 0. The van der Waals surface area contributed by atoms with Crippen molar-refractivity contribution in [3.8, 4) is 0 Å². The molecule has 7 heteroatoms. The van der Waals surface area contributed by atoms with Crippen LogP contribution in [0.1, 0.15) is 29.6 Å². The summed E-state index contributed by atoms with van der Waals surface area (Å²) in [6.45, 7) is 1.97. The van der Waals surface area contributed by atoms with E-state index in [-0.39, 0.29) is 5.91 Å². The standard InChI is InChI=1S/C21H20N6O/c28-21(16-14-24-27-11-5-8-23-20(16)27)25-18-12-15-6-4-7-22-17(15)13-19(18)26-9-2-1-3-10-26/h4-8,11-14H,1-3,9-10H2,(H,25,28). The van der Waals surface area contributed by atoms with Crippen molar-refractivity contribution in [3.05, 3.63) is 60.7 Å². The molecule has 7 nitrogen and oxygen atoms in total. The highest BCUT2D eigenvalue weighted by molar-refractivity contribution is 6.10. The maximum absolute atomic E-state index is 13.0. The van der Waals surface area contributed by atoms with E-state index in [1.165, 1.54) is 6.42 Å². The molecule has 0 bridgehead atoms. The summed E-state index contributed by atoms with van der Waals surface area (Å²) in [6.07, 6.45) is 10.4. The molecule has 1 amide bonds. The molecule has 4 heterocycles. The molecule has 0 aliphatic carbocycles. The number of benzene rings is 1. The lowest BCUT2D eigenvalue weighted by atomic mass is 10.1. The number of fused-ring (bicyclic) bond motifs is 2. The lowest BCUT2D eigenvalue weighted by Crippen LogP contribution is -2.30. The van der Waals surface area contributed by atoms with E-state index in [9.17, 15) is 4.79 Å². The number of hydrogen-bond acceptors (Lipinski definition) is 5. The van der Waals surface area contributed by atoms with Crippen molar-refractivity contribution >= 4 is 33.8 Å².